The topological polar surface area (TPSA) is 43.7 Å². The Kier molecular flexibility index (Phi) is 5.10. The van der Waals surface area contributed by atoms with Crippen LogP contribution >= 0.6 is 0 Å². The summed E-state index contributed by atoms with van der Waals surface area (Å²) in [6.07, 6.45) is 7.74. The number of amides is 1. The number of carbonyl (C=O) groups excluding carboxylic acids is 1. The maximum atomic E-state index is 13.4. The molecule has 1 unspecified atom stereocenters. The average molecular weight is 368 g/mol. The van der Waals surface area contributed by atoms with Crippen LogP contribution in [0.25, 0.3) is 0 Å². The van der Waals surface area contributed by atoms with Crippen molar-refractivity contribution in [2.75, 3.05) is 20.8 Å². The number of ether oxygens (including phenoxy) is 2. The highest BCUT2D eigenvalue weighted by Gasteiger charge is 2.36. The van der Waals surface area contributed by atoms with Crippen molar-refractivity contribution in [3.63, 3.8) is 0 Å². The zero-order valence-electron chi connectivity index (χ0n) is 16.2. The predicted molar refractivity (Wildman–Crippen MR) is 104 cm³/mol. The highest BCUT2D eigenvalue weighted by molar-refractivity contribution is 5.80. The SMILES string of the molecule is COc1ccc(C2c3cccn3CCN2C(=O)C2CCCCC2)cc1OC. The van der Waals surface area contributed by atoms with Crippen molar-refractivity contribution in [3.05, 3.63) is 47.8 Å². The third-order valence-corrected chi connectivity index (χ3v) is 6.00. The van der Waals surface area contributed by atoms with E-state index in [0.29, 0.717) is 17.4 Å². The normalized spacial score (nSPS) is 20.2. The number of carbonyl (C=O) groups is 1. The van der Waals surface area contributed by atoms with Gasteiger partial charge < -0.3 is 18.9 Å². The number of nitrogens with zero attached hydrogens (tertiary/aromatic N) is 2. The number of hydrogen-bond acceptors (Lipinski definition) is 3. The molecule has 1 fully saturated rings. The molecule has 1 aromatic carbocycles. The Morgan fingerprint density at radius 2 is 1.78 bits per heavy atom. The van der Waals surface area contributed by atoms with Gasteiger partial charge in [-0.2, -0.15) is 0 Å². The molecule has 1 saturated carbocycles. The van der Waals surface area contributed by atoms with Crippen molar-refractivity contribution < 1.29 is 14.3 Å². The second-order valence-electron chi connectivity index (χ2n) is 7.51. The van der Waals surface area contributed by atoms with Gasteiger partial charge in [0.2, 0.25) is 5.91 Å². The molecule has 0 bridgehead atoms. The number of fused-ring (bicyclic) bond motifs is 1. The van der Waals surface area contributed by atoms with Crippen molar-refractivity contribution in [2.24, 2.45) is 5.92 Å². The Hall–Kier alpha value is -2.43. The van der Waals surface area contributed by atoms with Gasteiger partial charge in [-0.25, -0.2) is 0 Å². The van der Waals surface area contributed by atoms with Crippen molar-refractivity contribution >= 4 is 5.91 Å². The molecular weight excluding hydrogens is 340 g/mol. The Morgan fingerprint density at radius 3 is 2.52 bits per heavy atom. The second-order valence-corrected chi connectivity index (χ2v) is 7.51. The third kappa shape index (κ3) is 3.31. The quantitative estimate of drug-likeness (QED) is 0.819. The molecule has 4 rings (SSSR count). The summed E-state index contributed by atoms with van der Waals surface area (Å²) < 4.78 is 13.2. The molecule has 5 nitrogen and oxygen atoms in total. The third-order valence-electron chi connectivity index (χ3n) is 6.00. The molecule has 5 heteroatoms. The minimum absolute atomic E-state index is 0.0806. The Labute approximate surface area is 160 Å². The minimum Gasteiger partial charge on any atom is -0.493 e. The molecule has 1 aromatic heterocycles. The fourth-order valence-electron chi connectivity index (χ4n) is 4.58. The zero-order chi connectivity index (χ0) is 18.8. The van der Waals surface area contributed by atoms with Crippen molar-refractivity contribution in [1.29, 1.82) is 0 Å². The van der Waals surface area contributed by atoms with Crippen LogP contribution in [0.5, 0.6) is 11.5 Å². The second kappa shape index (κ2) is 7.67. The van der Waals surface area contributed by atoms with E-state index in [4.69, 9.17) is 9.47 Å². The maximum Gasteiger partial charge on any atom is 0.226 e. The number of benzene rings is 1. The van der Waals surface area contributed by atoms with Gasteiger partial charge in [-0.05, 0) is 42.7 Å². The summed E-state index contributed by atoms with van der Waals surface area (Å²) in [6.45, 7) is 1.60. The zero-order valence-corrected chi connectivity index (χ0v) is 16.2. The summed E-state index contributed by atoms with van der Waals surface area (Å²) in [4.78, 5) is 15.5. The van der Waals surface area contributed by atoms with E-state index < -0.39 is 0 Å². The van der Waals surface area contributed by atoms with E-state index in [1.807, 2.05) is 12.1 Å². The first-order chi connectivity index (χ1) is 13.2. The first kappa shape index (κ1) is 18.0. The summed E-state index contributed by atoms with van der Waals surface area (Å²) in [5.41, 5.74) is 2.23. The lowest BCUT2D eigenvalue weighted by Crippen LogP contribution is -2.45. The van der Waals surface area contributed by atoms with E-state index in [9.17, 15) is 4.79 Å². The van der Waals surface area contributed by atoms with Crippen LogP contribution in [-0.4, -0.2) is 36.1 Å². The van der Waals surface area contributed by atoms with E-state index in [-0.39, 0.29) is 12.0 Å². The molecule has 1 aliphatic heterocycles. The van der Waals surface area contributed by atoms with E-state index in [0.717, 1.165) is 37.2 Å². The molecule has 1 aliphatic carbocycles. The summed E-state index contributed by atoms with van der Waals surface area (Å²) >= 11 is 0. The molecule has 2 aliphatic rings. The molecule has 0 radical (unpaired) electrons. The monoisotopic (exact) mass is 368 g/mol. The maximum absolute atomic E-state index is 13.4. The van der Waals surface area contributed by atoms with Gasteiger partial charge >= 0.3 is 0 Å². The summed E-state index contributed by atoms with van der Waals surface area (Å²) in [7, 11) is 3.29. The van der Waals surface area contributed by atoms with Crippen molar-refractivity contribution in [3.8, 4) is 11.5 Å². The first-order valence-corrected chi connectivity index (χ1v) is 9.90. The lowest BCUT2D eigenvalue weighted by molar-refractivity contribution is -0.139. The highest BCUT2D eigenvalue weighted by Crippen LogP contribution is 2.39. The van der Waals surface area contributed by atoms with Gasteiger partial charge in [0.1, 0.15) is 0 Å². The van der Waals surface area contributed by atoms with Crippen LogP contribution in [0.2, 0.25) is 0 Å². The number of rotatable bonds is 4. The standard InChI is InChI=1S/C22H28N2O3/c1-26-19-11-10-17(15-20(19)27-2)21-18-9-6-12-23(18)13-14-24(21)22(25)16-7-4-3-5-8-16/h6,9-12,15-16,21H,3-5,7-8,13-14H2,1-2H3. The van der Waals surface area contributed by atoms with Crippen LogP contribution in [0, 0.1) is 5.92 Å². The van der Waals surface area contributed by atoms with Crippen molar-refractivity contribution in [1.82, 2.24) is 9.47 Å². The molecular formula is C22H28N2O3. The molecule has 0 spiro atoms. The van der Waals surface area contributed by atoms with Gasteiger partial charge in [0.25, 0.3) is 0 Å². The molecule has 144 valence electrons. The summed E-state index contributed by atoms with van der Waals surface area (Å²) in [6, 6.07) is 10.1. The first-order valence-electron chi connectivity index (χ1n) is 9.90. The molecule has 1 amide bonds. The van der Waals surface area contributed by atoms with Crippen LogP contribution in [0.15, 0.2) is 36.5 Å². The average Bonchev–Trinajstić information content (AvgIpc) is 3.21. The molecule has 0 N–H and O–H groups in total. The van der Waals surface area contributed by atoms with Crippen LogP contribution < -0.4 is 9.47 Å². The molecule has 27 heavy (non-hydrogen) atoms. The van der Waals surface area contributed by atoms with E-state index in [1.165, 1.54) is 19.3 Å². The van der Waals surface area contributed by atoms with E-state index in [1.54, 1.807) is 14.2 Å². The van der Waals surface area contributed by atoms with Crippen LogP contribution in [-0.2, 0) is 11.3 Å². The highest BCUT2D eigenvalue weighted by atomic mass is 16.5. The van der Waals surface area contributed by atoms with Gasteiger partial charge in [0.05, 0.1) is 20.3 Å². The van der Waals surface area contributed by atoms with Gasteiger partial charge in [0, 0.05) is 30.9 Å². The smallest absolute Gasteiger partial charge is 0.226 e. The Bertz CT molecular complexity index is 808. The van der Waals surface area contributed by atoms with Gasteiger partial charge in [-0.15, -0.1) is 0 Å². The molecule has 0 saturated heterocycles. The Balaban J connectivity index is 1.72. The summed E-state index contributed by atoms with van der Waals surface area (Å²) in [5.74, 6) is 1.88. The fourth-order valence-corrected chi connectivity index (χ4v) is 4.58. The number of methoxy groups -OCH3 is 2. The molecule has 2 aromatic rings. The van der Waals surface area contributed by atoms with Gasteiger partial charge in [-0.1, -0.05) is 25.3 Å². The van der Waals surface area contributed by atoms with Crippen LogP contribution in [0.3, 0.4) is 0 Å². The lowest BCUT2D eigenvalue weighted by Gasteiger charge is -2.40. The number of aromatic nitrogens is 1. The molecule has 1 atom stereocenters. The number of hydrogen-bond donors (Lipinski definition) is 0. The minimum atomic E-state index is -0.0806. The van der Waals surface area contributed by atoms with E-state index in [2.05, 4.69) is 33.9 Å². The van der Waals surface area contributed by atoms with Crippen LogP contribution in [0.1, 0.15) is 49.4 Å². The van der Waals surface area contributed by atoms with Crippen molar-refractivity contribution in [2.45, 2.75) is 44.7 Å². The summed E-state index contributed by atoms with van der Waals surface area (Å²) in [5, 5.41) is 0. The largest absolute Gasteiger partial charge is 0.493 e. The lowest BCUT2D eigenvalue weighted by atomic mass is 9.87. The predicted octanol–water partition coefficient (Wildman–Crippen LogP) is 4.02. The fraction of sp³-hybridized carbons (Fsp3) is 0.500. The van der Waals surface area contributed by atoms with Crippen LogP contribution in [0.4, 0.5) is 0 Å². The van der Waals surface area contributed by atoms with Gasteiger partial charge in [-0.3, -0.25) is 4.79 Å². The van der Waals surface area contributed by atoms with E-state index >= 15 is 0 Å². The van der Waals surface area contributed by atoms with Gasteiger partial charge in [0.15, 0.2) is 11.5 Å². The molecule has 2 heterocycles. The Morgan fingerprint density at radius 1 is 1.00 bits per heavy atom.